The van der Waals surface area contributed by atoms with E-state index in [4.69, 9.17) is 16.3 Å². The average Bonchev–Trinajstić information content (AvgIpc) is 2.83. The molecule has 0 aromatic heterocycles. The molecule has 0 bridgehead atoms. The molecule has 0 spiro atoms. The minimum Gasteiger partial charge on any atom is -0.497 e. The van der Waals surface area contributed by atoms with Crippen molar-refractivity contribution in [1.29, 1.82) is 0 Å². The van der Waals surface area contributed by atoms with Crippen LogP contribution in [0.4, 0.5) is 5.69 Å². The van der Waals surface area contributed by atoms with E-state index < -0.39 is 10.0 Å². The molecule has 1 N–H and O–H groups in total. The summed E-state index contributed by atoms with van der Waals surface area (Å²) in [5.74, 6) is 1.000. The van der Waals surface area contributed by atoms with Gasteiger partial charge in [0.25, 0.3) is 10.0 Å². The van der Waals surface area contributed by atoms with Gasteiger partial charge >= 0.3 is 0 Å². The van der Waals surface area contributed by atoms with Crippen LogP contribution in [0.2, 0.25) is 5.02 Å². The van der Waals surface area contributed by atoms with E-state index >= 15 is 0 Å². The van der Waals surface area contributed by atoms with Gasteiger partial charge in [-0.15, -0.1) is 11.8 Å². The fourth-order valence-electron chi connectivity index (χ4n) is 2.99. The zero-order valence-corrected chi connectivity index (χ0v) is 20.5. The Morgan fingerprint density at radius 2 is 1.67 bits per heavy atom. The molecule has 6 nitrogen and oxygen atoms in total. The topological polar surface area (TPSA) is 75.7 Å². The Bertz CT molecular complexity index is 1140. The third kappa shape index (κ3) is 7.15. The molecule has 0 aliphatic heterocycles. The summed E-state index contributed by atoms with van der Waals surface area (Å²) in [5, 5.41) is 3.29. The number of ether oxygens (including phenoxy) is 1. The summed E-state index contributed by atoms with van der Waals surface area (Å²) >= 11 is 7.67. The first-order valence-corrected chi connectivity index (χ1v) is 13.1. The molecular formula is C24H25ClN2O4S2. The Morgan fingerprint density at radius 3 is 2.30 bits per heavy atom. The standard InChI is InChI=1S/C24H25ClN2O4S2/c1-31-21-12-14-23(15-13-21)33(29,30)27(20-10-8-19(25)9-11-20)18-24(28)26-16-5-17-32-22-6-3-2-4-7-22/h2-4,6-15H,5,16-18H2,1H3,(H,26,28). The monoisotopic (exact) mass is 504 g/mol. The van der Waals surface area contributed by atoms with Crippen LogP contribution in [-0.2, 0) is 14.8 Å². The largest absolute Gasteiger partial charge is 0.497 e. The first-order chi connectivity index (χ1) is 15.9. The Labute approximate surface area is 204 Å². The van der Waals surface area contributed by atoms with Gasteiger partial charge in [-0.1, -0.05) is 29.8 Å². The summed E-state index contributed by atoms with van der Waals surface area (Å²) in [6.45, 7) is 0.109. The molecule has 0 unspecified atom stereocenters. The fourth-order valence-corrected chi connectivity index (χ4v) is 5.41. The van der Waals surface area contributed by atoms with Crippen LogP contribution < -0.4 is 14.4 Å². The summed E-state index contributed by atoms with van der Waals surface area (Å²) in [6, 6.07) is 22.4. The summed E-state index contributed by atoms with van der Waals surface area (Å²) in [7, 11) is -2.48. The van der Waals surface area contributed by atoms with Crippen molar-refractivity contribution in [1.82, 2.24) is 5.32 Å². The Hall–Kier alpha value is -2.68. The maximum absolute atomic E-state index is 13.4. The molecule has 3 rings (SSSR count). The number of hydrogen-bond acceptors (Lipinski definition) is 5. The predicted octanol–water partition coefficient (Wildman–Crippen LogP) is 4.84. The number of hydrogen-bond donors (Lipinski definition) is 1. The number of methoxy groups -OCH3 is 1. The molecule has 9 heteroatoms. The number of thioether (sulfide) groups is 1. The molecule has 0 saturated heterocycles. The van der Waals surface area contributed by atoms with Crippen LogP contribution in [0.3, 0.4) is 0 Å². The van der Waals surface area contributed by atoms with Crippen LogP contribution >= 0.6 is 23.4 Å². The molecule has 0 radical (unpaired) electrons. The van der Waals surface area contributed by atoms with Gasteiger partial charge in [-0.2, -0.15) is 0 Å². The van der Waals surface area contributed by atoms with Gasteiger partial charge in [-0.05, 0) is 72.8 Å². The summed E-state index contributed by atoms with van der Waals surface area (Å²) < 4.78 is 32.9. The Morgan fingerprint density at radius 1 is 1.00 bits per heavy atom. The van der Waals surface area contributed by atoms with Crippen molar-refractivity contribution in [2.75, 3.05) is 30.3 Å². The minimum atomic E-state index is -3.99. The number of rotatable bonds is 11. The van der Waals surface area contributed by atoms with Crippen molar-refractivity contribution in [3.05, 3.63) is 83.9 Å². The normalized spacial score (nSPS) is 11.1. The number of nitrogens with one attached hydrogen (secondary N) is 1. The lowest BCUT2D eigenvalue weighted by atomic mass is 10.3. The van der Waals surface area contributed by atoms with Gasteiger partial charge in [0, 0.05) is 16.5 Å². The Kier molecular flexibility index (Phi) is 9.05. The third-order valence-corrected chi connectivity index (χ3v) is 7.84. The van der Waals surface area contributed by atoms with Crippen LogP contribution in [0.5, 0.6) is 5.75 Å². The highest BCUT2D eigenvalue weighted by Crippen LogP contribution is 2.26. The zero-order chi connectivity index (χ0) is 23.7. The van der Waals surface area contributed by atoms with Gasteiger partial charge in [0.2, 0.25) is 5.91 Å². The van der Waals surface area contributed by atoms with E-state index in [0.29, 0.717) is 23.0 Å². The number of carbonyl (C=O) groups excluding carboxylic acids is 1. The maximum Gasteiger partial charge on any atom is 0.264 e. The van der Waals surface area contributed by atoms with Crippen molar-refractivity contribution in [2.24, 2.45) is 0 Å². The predicted molar refractivity (Wildman–Crippen MR) is 134 cm³/mol. The molecule has 3 aromatic carbocycles. The third-order valence-electron chi connectivity index (χ3n) is 4.70. The molecule has 0 heterocycles. The van der Waals surface area contributed by atoms with Gasteiger partial charge < -0.3 is 10.1 Å². The van der Waals surface area contributed by atoms with Crippen molar-refractivity contribution in [3.8, 4) is 5.75 Å². The smallest absolute Gasteiger partial charge is 0.264 e. The van der Waals surface area contributed by atoms with Gasteiger partial charge in [-0.3, -0.25) is 9.10 Å². The molecule has 0 aliphatic carbocycles. The fraction of sp³-hybridized carbons (Fsp3) is 0.208. The lowest BCUT2D eigenvalue weighted by molar-refractivity contribution is -0.119. The number of sulfonamides is 1. The van der Waals surface area contributed by atoms with Crippen molar-refractivity contribution in [2.45, 2.75) is 16.2 Å². The molecule has 0 aliphatic rings. The van der Waals surface area contributed by atoms with Gasteiger partial charge in [-0.25, -0.2) is 8.42 Å². The summed E-state index contributed by atoms with van der Waals surface area (Å²) in [4.78, 5) is 13.9. The molecule has 0 atom stereocenters. The second-order valence-electron chi connectivity index (χ2n) is 7.03. The molecule has 3 aromatic rings. The van der Waals surface area contributed by atoms with Crippen LogP contribution in [0.15, 0.2) is 88.7 Å². The average molecular weight is 505 g/mol. The van der Waals surface area contributed by atoms with Crippen molar-refractivity contribution in [3.63, 3.8) is 0 Å². The lowest BCUT2D eigenvalue weighted by Gasteiger charge is -2.24. The van der Waals surface area contributed by atoms with Gasteiger partial charge in [0.15, 0.2) is 0 Å². The zero-order valence-electron chi connectivity index (χ0n) is 18.1. The van der Waals surface area contributed by atoms with Crippen molar-refractivity contribution >= 4 is 45.0 Å². The van der Waals surface area contributed by atoms with Crippen LogP contribution in [0, 0.1) is 0 Å². The number of carbonyl (C=O) groups is 1. The molecule has 33 heavy (non-hydrogen) atoms. The number of halogens is 1. The van der Waals surface area contributed by atoms with Crippen LogP contribution in [0.1, 0.15) is 6.42 Å². The Balaban J connectivity index is 1.66. The molecule has 1 amide bonds. The lowest BCUT2D eigenvalue weighted by Crippen LogP contribution is -2.41. The van der Waals surface area contributed by atoms with Gasteiger partial charge in [0.05, 0.1) is 17.7 Å². The van der Waals surface area contributed by atoms with Crippen LogP contribution in [0.25, 0.3) is 0 Å². The maximum atomic E-state index is 13.4. The quantitative estimate of drug-likeness (QED) is 0.298. The molecule has 0 fully saturated rings. The van der Waals surface area contributed by atoms with Crippen LogP contribution in [-0.4, -0.2) is 40.3 Å². The highest BCUT2D eigenvalue weighted by atomic mass is 35.5. The summed E-state index contributed by atoms with van der Waals surface area (Å²) in [5.41, 5.74) is 0.352. The second kappa shape index (κ2) is 12.0. The highest BCUT2D eigenvalue weighted by molar-refractivity contribution is 7.99. The minimum absolute atomic E-state index is 0.0605. The number of nitrogens with zero attached hydrogens (tertiary/aromatic N) is 1. The number of benzene rings is 3. The molecule has 174 valence electrons. The second-order valence-corrected chi connectivity index (χ2v) is 10.5. The highest BCUT2D eigenvalue weighted by Gasteiger charge is 2.27. The number of anilines is 1. The molecular weight excluding hydrogens is 480 g/mol. The summed E-state index contributed by atoms with van der Waals surface area (Å²) in [6.07, 6.45) is 0.761. The number of amides is 1. The first-order valence-electron chi connectivity index (χ1n) is 10.3. The van der Waals surface area contributed by atoms with E-state index in [1.807, 2.05) is 30.3 Å². The van der Waals surface area contributed by atoms with E-state index in [1.165, 1.54) is 24.1 Å². The van der Waals surface area contributed by atoms with E-state index in [0.717, 1.165) is 16.5 Å². The van der Waals surface area contributed by atoms with E-state index in [1.54, 1.807) is 48.2 Å². The van der Waals surface area contributed by atoms with E-state index in [9.17, 15) is 13.2 Å². The van der Waals surface area contributed by atoms with E-state index in [2.05, 4.69) is 5.32 Å². The molecule has 0 saturated carbocycles. The SMILES string of the molecule is COc1ccc(S(=O)(=O)N(CC(=O)NCCCSc2ccccc2)c2ccc(Cl)cc2)cc1. The van der Waals surface area contributed by atoms with E-state index in [-0.39, 0.29) is 17.3 Å². The van der Waals surface area contributed by atoms with Crippen molar-refractivity contribution < 1.29 is 17.9 Å². The van der Waals surface area contributed by atoms with Gasteiger partial charge in [0.1, 0.15) is 12.3 Å². The first kappa shape index (κ1) is 25.0.